The van der Waals surface area contributed by atoms with E-state index in [0.29, 0.717) is 0 Å². The molecule has 9 heavy (non-hydrogen) atoms. The molecular weight excluding hydrogens is 108 g/mol. The molecule has 0 heterocycles. The first-order chi connectivity index (χ1) is 4.22. The van der Waals surface area contributed by atoms with Gasteiger partial charge >= 0.3 is 0 Å². The Morgan fingerprint density at radius 1 is 1.22 bits per heavy atom. The third-order valence-electron chi connectivity index (χ3n) is 1.83. The standard InChI is InChI=1S/C9H11/c1-7-5-4-6-8(2)9(7)3/h5H2,1-3H3. The first-order valence-corrected chi connectivity index (χ1v) is 3.21. The molecule has 0 heteroatoms. The third kappa shape index (κ3) is 1.24. The van der Waals surface area contributed by atoms with E-state index in [2.05, 4.69) is 33.3 Å². The van der Waals surface area contributed by atoms with Crippen LogP contribution in [0.25, 0.3) is 0 Å². The number of hydrogen-bond acceptors (Lipinski definition) is 0. The van der Waals surface area contributed by atoms with Gasteiger partial charge in [-0.05, 0) is 44.4 Å². The van der Waals surface area contributed by atoms with E-state index in [1.54, 1.807) is 0 Å². The molecule has 1 aliphatic carbocycles. The number of allylic oxidation sites excluding steroid dienone is 4. The van der Waals surface area contributed by atoms with Crippen molar-refractivity contribution < 1.29 is 0 Å². The van der Waals surface area contributed by atoms with Crippen molar-refractivity contribution in [2.45, 2.75) is 27.2 Å². The van der Waals surface area contributed by atoms with E-state index in [0.717, 1.165) is 6.42 Å². The van der Waals surface area contributed by atoms with Gasteiger partial charge in [-0.3, -0.25) is 0 Å². The van der Waals surface area contributed by atoms with Gasteiger partial charge in [0.25, 0.3) is 0 Å². The van der Waals surface area contributed by atoms with Gasteiger partial charge < -0.3 is 0 Å². The summed E-state index contributed by atoms with van der Waals surface area (Å²) in [5.74, 6) is 0. The molecule has 3 radical (unpaired) electrons. The minimum absolute atomic E-state index is 0.961. The van der Waals surface area contributed by atoms with E-state index < -0.39 is 0 Å². The summed E-state index contributed by atoms with van der Waals surface area (Å²) >= 11 is 0. The maximum Gasteiger partial charge on any atom is 0.0214 e. The molecule has 0 nitrogen and oxygen atoms in total. The van der Waals surface area contributed by atoms with E-state index in [9.17, 15) is 0 Å². The molecule has 0 fully saturated rings. The van der Waals surface area contributed by atoms with Gasteiger partial charge in [0.1, 0.15) is 0 Å². The molecule has 0 bridgehead atoms. The Morgan fingerprint density at radius 2 is 1.89 bits per heavy atom. The van der Waals surface area contributed by atoms with Crippen molar-refractivity contribution in [3.8, 4) is 0 Å². The van der Waals surface area contributed by atoms with Crippen LogP contribution in [0.2, 0.25) is 0 Å². The van der Waals surface area contributed by atoms with Gasteiger partial charge in [0.05, 0.1) is 0 Å². The van der Waals surface area contributed by atoms with Crippen LogP contribution in [0.3, 0.4) is 0 Å². The molecule has 0 spiro atoms. The second-order valence-corrected chi connectivity index (χ2v) is 2.51. The molecule has 0 aliphatic heterocycles. The highest BCUT2D eigenvalue weighted by atomic mass is 14.1. The Labute approximate surface area is 57.3 Å². The first kappa shape index (κ1) is 6.60. The molecule has 0 amide bonds. The van der Waals surface area contributed by atoms with Crippen LogP contribution >= 0.6 is 0 Å². The topological polar surface area (TPSA) is 0 Å². The molecule has 0 atom stereocenters. The molecule has 0 unspecified atom stereocenters. The lowest BCUT2D eigenvalue weighted by Crippen LogP contribution is -1.93. The summed E-state index contributed by atoms with van der Waals surface area (Å²) in [4.78, 5) is 0. The van der Waals surface area contributed by atoms with Crippen molar-refractivity contribution in [1.82, 2.24) is 0 Å². The van der Waals surface area contributed by atoms with Gasteiger partial charge in [-0.25, -0.2) is 0 Å². The van der Waals surface area contributed by atoms with Crippen molar-refractivity contribution in [2.24, 2.45) is 0 Å². The lowest BCUT2D eigenvalue weighted by Gasteiger charge is -2.11. The smallest absolute Gasteiger partial charge is 0.0214 e. The highest BCUT2D eigenvalue weighted by Crippen LogP contribution is 2.22. The van der Waals surface area contributed by atoms with Gasteiger partial charge in [-0.15, -0.1) is 0 Å². The Hall–Kier alpha value is -0.520. The average molecular weight is 119 g/mol. The molecule has 1 aliphatic rings. The predicted octanol–water partition coefficient (Wildman–Crippen LogP) is 2.56. The largest absolute Gasteiger partial charge is 0.0692 e. The molecule has 1 rings (SSSR count). The highest BCUT2D eigenvalue weighted by molar-refractivity contribution is 5.35. The summed E-state index contributed by atoms with van der Waals surface area (Å²) in [5, 5.41) is 0. The van der Waals surface area contributed by atoms with Gasteiger partial charge in [0.15, 0.2) is 0 Å². The Bertz CT molecular complexity index is 170. The quantitative estimate of drug-likeness (QED) is 0.459. The number of hydrogen-bond donors (Lipinski definition) is 0. The summed E-state index contributed by atoms with van der Waals surface area (Å²) in [7, 11) is 0. The van der Waals surface area contributed by atoms with E-state index in [4.69, 9.17) is 0 Å². The number of rotatable bonds is 0. The second kappa shape index (κ2) is 2.38. The molecule has 0 saturated carbocycles. The van der Waals surface area contributed by atoms with Crippen LogP contribution < -0.4 is 0 Å². The zero-order valence-corrected chi connectivity index (χ0v) is 6.21. The zero-order chi connectivity index (χ0) is 6.85. The Kier molecular flexibility index (Phi) is 1.75. The second-order valence-electron chi connectivity index (χ2n) is 2.51. The monoisotopic (exact) mass is 119 g/mol. The van der Waals surface area contributed by atoms with Crippen molar-refractivity contribution in [3.63, 3.8) is 0 Å². The van der Waals surface area contributed by atoms with Crippen molar-refractivity contribution >= 4 is 0 Å². The highest BCUT2D eigenvalue weighted by Gasteiger charge is 2.04. The van der Waals surface area contributed by atoms with Crippen LogP contribution in [0, 0.1) is 12.5 Å². The van der Waals surface area contributed by atoms with E-state index in [1.165, 1.54) is 16.7 Å². The molecular formula is C9H11. The van der Waals surface area contributed by atoms with Gasteiger partial charge in [0.2, 0.25) is 0 Å². The summed E-state index contributed by atoms with van der Waals surface area (Å²) in [6.07, 6.45) is 7.10. The summed E-state index contributed by atoms with van der Waals surface area (Å²) < 4.78 is 0. The molecule has 0 aromatic rings. The molecule has 0 N–H and O–H groups in total. The minimum atomic E-state index is 0.961. The van der Waals surface area contributed by atoms with Gasteiger partial charge in [-0.2, -0.15) is 0 Å². The maximum absolute atomic E-state index is 3.07. The summed E-state index contributed by atoms with van der Waals surface area (Å²) in [6.45, 7) is 6.36. The van der Waals surface area contributed by atoms with Crippen molar-refractivity contribution in [2.75, 3.05) is 0 Å². The SMILES string of the molecule is CC1=[C][C]CC(C)=C1C. The fourth-order valence-electron chi connectivity index (χ4n) is 0.856. The van der Waals surface area contributed by atoms with Crippen LogP contribution in [0.4, 0.5) is 0 Å². The van der Waals surface area contributed by atoms with E-state index >= 15 is 0 Å². The summed E-state index contributed by atoms with van der Waals surface area (Å²) in [6, 6.07) is 0. The normalized spacial score (nSPS) is 20.1. The zero-order valence-electron chi connectivity index (χ0n) is 6.21. The predicted molar refractivity (Wildman–Crippen MR) is 38.7 cm³/mol. The third-order valence-corrected chi connectivity index (χ3v) is 1.83. The average Bonchev–Trinajstić information content (AvgIpc) is 1.83. The minimum Gasteiger partial charge on any atom is -0.0692 e. The van der Waals surface area contributed by atoms with Crippen LogP contribution in [0.5, 0.6) is 0 Å². The van der Waals surface area contributed by atoms with Crippen LogP contribution in [0.15, 0.2) is 16.7 Å². The molecule has 0 saturated heterocycles. The molecule has 0 aromatic carbocycles. The molecule has 0 aromatic heterocycles. The maximum atomic E-state index is 3.07. The fraction of sp³-hybridized carbons (Fsp3) is 0.444. The summed E-state index contributed by atoms with van der Waals surface area (Å²) in [5.41, 5.74) is 4.04. The Balaban J connectivity index is 2.88. The molecule has 47 valence electrons. The Morgan fingerprint density at radius 3 is 2.33 bits per heavy atom. The van der Waals surface area contributed by atoms with Gasteiger partial charge in [0, 0.05) is 6.42 Å². The van der Waals surface area contributed by atoms with Gasteiger partial charge in [-0.1, -0.05) is 5.57 Å². The van der Waals surface area contributed by atoms with Crippen LogP contribution in [-0.4, -0.2) is 0 Å². The fourth-order valence-corrected chi connectivity index (χ4v) is 0.856. The van der Waals surface area contributed by atoms with Crippen LogP contribution in [0.1, 0.15) is 27.2 Å². The van der Waals surface area contributed by atoms with E-state index in [-0.39, 0.29) is 0 Å². The van der Waals surface area contributed by atoms with E-state index in [1.807, 2.05) is 0 Å². The van der Waals surface area contributed by atoms with Crippen molar-refractivity contribution in [3.05, 3.63) is 29.2 Å². The lowest BCUT2D eigenvalue weighted by molar-refractivity contribution is 1.04. The first-order valence-electron chi connectivity index (χ1n) is 3.21. The van der Waals surface area contributed by atoms with Crippen LogP contribution in [-0.2, 0) is 0 Å². The lowest BCUT2D eigenvalue weighted by atomic mass is 9.94. The van der Waals surface area contributed by atoms with Crippen molar-refractivity contribution in [1.29, 1.82) is 0 Å².